The lowest BCUT2D eigenvalue weighted by Gasteiger charge is -2.06. The van der Waals surface area contributed by atoms with Crippen molar-refractivity contribution in [2.75, 3.05) is 0 Å². The van der Waals surface area contributed by atoms with E-state index in [-0.39, 0.29) is 11.8 Å². The maximum absolute atomic E-state index is 10.2. The maximum Gasteiger partial charge on any atom is 0.164 e. The standard InChI is InChI=1S/C13H14Br2N2O/c1-7(2)17-8(3)13(18)12(16-17)9-4-10(14)6-11(15)5-9/h4-7,18H,1-3H3. The van der Waals surface area contributed by atoms with E-state index in [1.54, 1.807) is 0 Å². The molecule has 1 aromatic carbocycles. The van der Waals surface area contributed by atoms with Crippen LogP contribution in [0.5, 0.6) is 5.75 Å². The smallest absolute Gasteiger partial charge is 0.164 e. The van der Waals surface area contributed by atoms with E-state index in [1.165, 1.54) is 0 Å². The van der Waals surface area contributed by atoms with Crippen molar-refractivity contribution in [1.29, 1.82) is 0 Å². The van der Waals surface area contributed by atoms with Gasteiger partial charge in [0.2, 0.25) is 0 Å². The zero-order valence-electron chi connectivity index (χ0n) is 10.4. The normalized spacial score (nSPS) is 11.2. The number of aromatic hydroxyl groups is 1. The molecule has 0 aliphatic heterocycles. The highest BCUT2D eigenvalue weighted by Crippen LogP contribution is 2.35. The molecule has 0 radical (unpaired) electrons. The van der Waals surface area contributed by atoms with Crippen LogP contribution in [0.3, 0.4) is 0 Å². The highest BCUT2D eigenvalue weighted by molar-refractivity contribution is 9.11. The summed E-state index contributed by atoms with van der Waals surface area (Å²) in [5.74, 6) is 0.244. The minimum Gasteiger partial charge on any atom is -0.504 e. The first-order chi connectivity index (χ1) is 8.40. The fraction of sp³-hybridized carbons (Fsp3) is 0.308. The van der Waals surface area contributed by atoms with Crippen LogP contribution in [0.2, 0.25) is 0 Å². The van der Waals surface area contributed by atoms with Gasteiger partial charge < -0.3 is 5.11 Å². The summed E-state index contributed by atoms with van der Waals surface area (Å²) in [5, 5.41) is 14.7. The monoisotopic (exact) mass is 372 g/mol. The summed E-state index contributed by atoms with van der Waals surface area (Å²) in [6.45, 7) is 5.96. The molecule has 0 fully saturated rings. The van der Waals surface area contributed by atoms with E-state index >= 15 is 0 Å². The number of rotatable bonds is 2. The van der Waals surface area contributed by atoms with Gasteiger partial charge in [-0.3, -0.25) is 4.68 Å². The van der Waals surface area contributed by atoms with E-state index in [2.05, 4.69) is 37.0 Å². The molecule has 0 bridgehead atoms. The topological polar surface area (TPSA) is 38.1 Å². The van der Waals surface area contributed by atoms with Gasteiger partial charge in [-0.25, -0.2) is 0 Å². The van der Waals surface area contributed by atoms with Crippen LogP contribution in [0.15, 0.2) is 27.1 Å². The summed E-state index contributed by atoms with van der Waals surface area (Å²) in [5.41, 5.74) is 2.29. The molecule has 1 aromatic heterocycles. The average molecular weight is 374 g/mol. The zero-order chi connectivity index (χ0) is 13.4. The Labute approximate surface area is 123 Å². The number of hydrogen-bond donors (Lipinski definition) is 1. The SMILES string of the molecule is Cc1c(O)c(-c2cc(Br)cc(Br)c2)nn1C(C)C. The molecular weight excluding hydrogens is 360 g/mol. The molecule has 2 rings (SSSR count). The Morgan fingerprint density at radius 1 is 1.17 bits per heavy atom. The number of hydrogen-bond acceptors (Lipinski definition) is 2. The second kappa shape index (κ2) is 5.05. The molecule has 0 saturated heterocycles. The zero-order valence-corrected chi connectivity index (χ0v) is 13.6. The van der Waals surface area contributed by atoms with E-state index in [1.807, 2.05) is 43.7 Å². The van der Waals surface area contributed by atoms with E-state index in [0.717, 1.165) is 20.2 Å². The van der Waals surface area contributed by atoms with Crippen LogP contribution >= 0.6 is 31.9 Å². The van der Waals surface area contributed by atoms with Crippen LogP contribution in [-0.4, -0.2) is 14.9 Å². The lowest BCUT2D eigenvalue weighted by atomic mass is 10.1. The third kappa shape index (κ3) is 2.47. The summed E-state index contributed by atoms with van der Waals surface area (Å²) in [4.78, 5) is 0. The molecule has 96 valence electrons. The molecule has 0 spiro atoms. The molecule has 0 aliphatic rings. The molecule has 0 saturated carbocycles. The number of nitrogens with zero attached hydrogens (tertiary/aromatic N) is 2. The minimum absolute atomic E-state index is 0.222. The van der Waals surface area contributed by atoms with E-state index in [9.17, 15) is 5.11 Å². The molecule has 5 heteroatoms. The molecule has 0 amide bonds. The largest absolute Gasteiger partial charge is 0.504 e. The third-order valence-corrected chi connectivity index (χ3v) is 3.66. The second-order valence-electron chi connectivity index (χ2n) is 4.48. The molecule has 1 heterocycles. The van der Waals surface area contributed by atoms with Gasteiger partial charge in [0.25, 0.3) is 0 Å². The number of aromatic nitrogens is 2. The minimum atomic E-state index is 0.222. The van der Waals surface area contributed by atoms with Gasteiger partial charge in [-0.15, -0.1) is 0 Å². The summed E-state index contributed by atoms with van der Waals surface area (Å²) in [7, 11) is 0. The number of benzene rings is 1. The fourth-order valence-electron chi connectivity index (χ4n) is 1.90. The van der Waals surface area contributed by atoms with Gasteiger partial charge in [-0.1, -0.05) is 31.9 Å². The molecule has 0 aliphatic carbocycles. The van der Waals surface area contributed by atoms with Crippen molar-refractivity contribution in [2.45, 2.75) is 26.8 Å². The molecule has 0 unspecified atom stereocenters. The van der Waals surface area contributed by atoms with Crippen molar-refractivity contribution in [3.63, 3.8) is 0 Å². The van der Waals surface area contributed by atoms with Gasteiger partial charge in [-0.2, -0.15) is 5.10 Å². The Kier molecular flexibility index (Phi) is 3.82. The van der Waals surface area contributed by atoms with Gasteiger partial charge in [-0.05, 0) is 39.0 Å². The lowest BCUT2D eigenvalue weighted by molar-refractivity contribution is 0.461. The third-order valence-electron chi connectivity index (χ3n) is 2.74. The predicted octanol–water partition coefficient (Wildman–Crippen LogP) is 4.67. The van der Waals surface area contributed by atoms with Gasteiger partial charge in [0.05, 0.1) is 5.69 Å². The summed E-state index contributed by atoms with van der Waals surface area (Å²) < 4.78 is 3.73. The first kappa shape index (κ1) is 13.6. The van der Waals surface area contributed by atoms with Crippen LogP contribution < -0.4 is 0 Å². The lowest BCUT2D eigenvalue weighted by Crippen LogP contribution is -2.04. The summed E-state index contributed by atoms with van der Waals surface area (Å²) in [6, 6.07) is 6.06. The first-order valence-electron chi connectivity index (χ1n) is 5.64. The highest BCUT2D eigenvalue weighted by Gasteiger charge is 2.17. The Balaban J connectivity index is 2.60. The molecule has 1 N–H and O–H groups in total. The molecule has 3 nitrogen and oxygen atoms in total. The van der Waals surface area contributed by atoms with Crippen molar-refractivity contribution in [1.82, 2.24) is 9.78 Å². The van der Waals surface area contributed by atoms with Gasteiger partial charge in [0, 0.05) is 20.6 Å². The van der Waals surface area contributed by atoms with Gasteiger partial charge in [0.1, 0.15) is 5.69 Å². The van der Waals surface area contributed by atoms with Crippen molar-refractivity contribution in [2.24, 2.45) is 0 Å². The van der Waals surface area contributed by atoms with Crippen molar-refractivity contribution in [3.05, 3.63) is 32.8 Å². The summed E-state index contributed by atoms with van der Waals surface area (Å²) >= 11 is 6.89. The van der Waals surface area contributed by atoms with E-state index in [4.69, 9.17) is 0 Å². The number of halogens is 2. The van der Waals surface area contributed by atoms with E-state index < -0.39 is 0 Å². The van der Waals surface area contributed by atoms with Crippen LogP contribution in [0, 0.1) is 6.92 Å². The fourth-order valence-corrected chi connectivity index (χ4v) is 3.19. The van der Waals surface area contributed by atoms with Gasteiger partial charge >= 0.3 is 0 Å². The van der Waals surface area contributed by atoms with Crippen LogP contribution in [-0.2, 0) is 0 Å². The average Bonchev–Trinajstić information content (AvgIpc) is 2.55. The highest BCUT2D eigenvalue weighted by atomic mass is 79.9. The van der Waals surface area contributed by atoms with Crippen molar-refractivity contribution in [3.8, 4) is 17.0 Å². The van der Waals surface area contributed by atoms with Crippen LogP contribution in [0.25, 0.3) is 11.3 Å². The molecule has 18 heavy (non-hydrogen) atoms. The van der Waals surface area contributed by atoms with Gasteiger partial charge in [0.15, 0.2) is 5.75 Å². The maximum atomic E-state index is 10.2. The van der Waals surface area contributed by atoms with Crippen molar-refractivity contribution < 1.29 is 5.11 Å². The second-order valence-corrected chi connectivity index (χ2v) is 6.31. The predicted molar refractivity (Wildman–Crippen MR) is 79.8 cm³/mol. The Morgan fingerprint density at radius 3 is 2.17 bits per heavy atom. The first-order valence-corrected chi connectivity index (χ1v) is 7.23. The Morgan fingerprint density at radius 2 is 1.72 bits per heavy atom. The Hall–Kier alpha value is -0.810. The quantitative estimate of drug-likeness (QED) is 0.830. The molecule has 2 aromatic rings. The summed E-state index contributed by atoms with van der Waals surface area (Å²) in [6.07, 6.45) is 0. The van der Waals surface area contributed by atoms with E-state index in [0.29, 0.717) is 5.69 Å². The van der Waals surface area contributed by atoms with Crippen LogP contribution in [0.4, 0.5) is 0 Å². The van der Waals surface area contributed by atoms with Crippen LogP contribution in [0.1, 0.15) is 25.6 Å². The Bertz CT molecular complexity index is 571. The molecular formula is C13H14Br2N2O. The van der Waals surface area contributed by atoms with Crippen molar-refractivity contribution >= 4 is 31.9 Å². The molecule has 0 atom stereocenters.